The summed E-state index contributed by atoms with van der Waals surface area (Å²) in [7, 11) is 0. The van der Waals surface area contributed by atoms with Crippen molar-refractivity contribution in [3.8, 4) is 0 Å². The summed E-state index contributed by atoms with van der Waals surface area (Å²) in [6.45, 7) is 0. The molecule has 2 aliphatic carbocycles. The largest absolute Gasteiger partial charge is 0.123 e. The van der Waals surface area contributed by atoms with Crippen LogP contribution in [-0.4, -0.2) is 5.38 Å². The van der Waals surface area contributed by atoms with Crippen molar-refractivity contribution in [1.29, 1.82) is 0 Å². The van der Waals surface area contributed by atoms with Crippen LogP contribution in [0.25, 0.3) is 0 Å². The first-order valence-electron chi connectivity index (χ1n) is 7.02. The number of hydrogen-bond acceptors (Lipinski definition) is 0. The Bertz CT molecular complexity index is 170. The molecule has 2 aliphatic rings. The number of alkyl halides is 1. The molecule has 0 spiro atoms. The monoisotopic (exact) mass is 228 g/mol. The Hall–Kier alpha value is 0.290. The summed E-state index contributed by atoms with van der Waals surface area (Å²) in [6, 6.07) is 0. The minimum Gasteiger partial charge on any atom is -0.123 e. The highest BCUT2D eigenvalue weighted by Gasteiger charge is 2.29. The predicted octanol–water partition coefficient (Wildman–Crippen LogP) is 5.14. The molecule has 0 heterocycles. The van der Waals surface area contributed by atoms with Crippen molar-refractivity contribution in [2.75, 3.05) is 0 Å². The first-order valence-corrected chi connectivity index (χ1v) is 7.45. The van der Waals surface area contributed by atoms with Crippen molar-refractivity contribution >= 4 is 11.6 Å². The maximum absolute atomic E-state index is 6.57. The second-order valence-corrected chi connectivity index (χ2v) is 6.13. The number of rotatable bonds is 1. The summed E-state index contributed by atoms with van der Waals surface area (Å²) in [5.41, 5.74) is 0. The average Bonchev–Trinajstić information content (AvgIpc) is 2.59. The van der Waals surface area contributed by atoms with Crippen LogP contribution in [0.3, 0.4) is 0 Å². The molecule has 0 aliphatic heterocycles. The molecular weight excluding hydrogens is 204 g/mol. The molecule has 15 heavy (non-hydrogen) atoms. The van der Waals surface area contributed by atoms with E-state index in [0.717, 1.165) is 11.8 Å². The molecule has 0 radical (unpaired) electrons. The highest BCUT2D eigenvalue weighted by molar-refractivity contribution is 6.20. The van der Waals surface area contributed by atoms with E-state index in [1.165, 1.54) is 70.6 Å². The standard InChI is InChI=1S/C14H25Cl/c15-14-11-7-3-6-10-13(14)12-8-4-1-2-5-9-12/h12-14H,1-11H2. The Morgan fingerprint density at radius 3 is 1.87 bits per heavy atom. The molecule has 2 atom stereocenters. The Labute approximate surface area is 99.8 Å². The highest BCUT2D eigenvalue weighted by atomic mass is 35.5. The van der Waals surface area contributed by atoms with E-state index in [-0.39, 0.29) is 0 Å². The quantitative estimate of drug-likeness (QED) is 0.430. The first kappa shape index (κ1) is 11.8. The third-order valence-corrected chi connectivity index (χ3v) is 5.03. The Morgan fingerprint density at radius 2 is 1.13 bits per heavy atom. The molecule has 1 heteroatoms. The van der Waals surface area contributed by atoms with Crippen LogP contribution >= 0.6 is 11.6 Å². The van der Waals surface area contributed by atoms with Gasteiger partial charge < -0.3 is 0 Å². The Morgan fingerprint density at radius 1 is 0.600 bits per heavy atom. The topological polar surface area (TPSA) is 0 Å². The van der Waals surface area contributed by atoms with E-state index in [4.69, 9.17) is 11.6 Å². The van der Waals surface area contributed by atoms with Crippen molar-refractivity contribution in [2.45, 2.75) is 76.0 Å². The number of hydrogen-bond donors (Lipinski definition) is 0. The molecule has 88 valence electrons. The van der Waals surface area contributed by atoms with Gasteiger partial charge >= 0.3 is 0 Å². The zero-order valence-electron chi connectivity index (χ0n) is 9.89. The zero-order valence-corrected chi connectivity index (χ0v) is 10.6. The molecule has 0 N–H and O–H groups in total. The van der Waals surface area contributed by atoms with Crippen LogP contribution in [0.2, 0.25) is 0 Å². The van der Waals surface area contributed by atoms with Crippen molar-refractivity contribution in [3.05, 3.63) is 0 Å². The molecule has 0 aromatic heterocycles. The summed E-state index contributed by atoms with van der Waals surface area (Å²) in [6.07, 6.45) is 15.7. The molecule has 2 rings (SSSR count). The van der Waals surface area contributed by atoms with Crippen LogP contribution in [-0.2, 0) is 0 Å². The van der Waals surface area contributed by atoms with Crippen molar-refractivity contribution in [2.24, 2.45) is 11.8 Å². The maximum Gasteiger partial charge on any atom is 0.0366 e. The van der Waals surface area contributed by atoms with Gasteiger partial charge in [0.2, 0.25) is 0 Å². The predicted molar refractivity (Wildman–Crippen MR) is 67.4 cm³/mol. The van der Waals surface area contributed by atoms with Gasteiger partial charge in [0.15, 0.2) is 0 Å². The third kappa shape index (κ3) is 3.37. The molecule has 0 aromatic carbocycles. The summed E-state index contributed by atoms with van der Waals surface area (Å²) in [5.74, 6) is 1.82. The lowest BCUT2D eigenvalue weighted by Crippen LogP contribution is -2.23. The summed E-state index contributed by atoms with van der Waals surface area (Å²) >= 11 is 6.57. The van der Waals surface area contributed by atoms with Gasteiger partial charge in [-0.3, -0.25) is 0 Å². The van der Waals surface area contributed by atoms with E-state index in [2.05, 4.69) is 0 Å². The molecule has 0 bridgehead atoms. The highest BCUT2D eigenvalue weighted by Crippen LogP contribution is 2.38. The summed E-state index contributed by atoms with van der Waals surface area (Å²) in [4.78, 5) is 0. The molecule has 2 saturated carbocycles. The van der Waals surface area contributed by atoms with Crippen molar-refractivity contribution in [3.63, 3.8) is 0 Å². The van der Waals surface area contributed by atoms with Gasteiger partial charge in [-0.25, -0.2) is 0 Å². The molecule has 0 saturated heterocycles. The fourth-order valence-electron chi connectivity index (χ4n) is 3.56. The fraction of sp³-hybridized carbons (Fsp3) is 1.00. The van der Waals surface area contributed by atoms with Crippen LogP contribution in [0.5, 0.6) is 0 Å². The van der Waals surface area contributed by atoms with Gasteiger partial charge in [-0.2, -0.15) is 0 Å². The number of halogens is 1. The maximum atomic E-state index is 6.57. The Kier molecular flexibility index (Phi) is 4.81. The average molecular weight is 229 g/mol. The van der Waals surface area contributed by atoms with Crippen LogP contribution in [0, 0.1) is 11.8 Å². The Balaban J connectivity index is 1.92. The normalized spacial score (nSPS) is 35.8. The van der Waals surface area contributed by atoms with Gasteiger partial charge in [-0.05, 0) is 24.7 Å². The lowest BCUT2D eigenvalue weighted by Gasteiger charge is -2.28. The van der Waals surface area contributed by atoms with Crippen molar-refractivity contribution < 1.29 is 0 Å². The van der Waals surface area contributed by atoms with Crippen LogP contribution in [0.4, 0.5) is 0 Å². The fourth-order valence-corrected chi connectivity index (χ4v) is 4.05. The molecule has 0 aromatic rings. The molecule has 2 fully saturated rings. The van der Waals surface area contributed by atoms with Gasteiger partial charge in [-0.1, -0.05) is 57.8 Å². The SMILES string of the molecule is ClC1CCCCCC1C1CCCCCC1. The van der Waals surface area contributed by atoms with Crippen LogP contribution < -0.4 is 0 Å². The van der Waals surface area contributed by atoms with Gasteiger partial charge in [0, 0.05) is 5.38 Å². The zero-order chi connectivity index (χ0) is 10.5. The van der Waals surface area contributed by atoms with Gasteiger partial charge in [-0.15, -0.1) is 11.6 Å². The summed E-state index contributed by atoms with van der Waals surface area (Å²) < 4.78 is 0. The second kappa shape index (κ2) is 6.13. The molecule has 0 nitrogen and oxygen atoms in total. The second-order valence-electron chi connectivity index (χ2n) is 5.57. The minimum atomic E-state index is 0.496. The third-order valence-electron chi connectivity index (χ3n) is 4.49. The summed E-state index contributed by atoms with van der Waals surface area (Å²) in [5, 5.41) is 0.496. The van der Waals surface area contributed by atoms with Crippen molar-refractivity contribution in [1.82, 2.24) is 0 Å². The molecular formula is C14H25Cl. The van der Waals surface area contributed by atoms with E-state index in [9.17, 15) is 0 Å². The first-order chi connectivity index (χ1) is 7.38. The van der Waals surface area contributed by atoms with Crippen LogP contribution in [0.1, 0.15) is 70.6 Å². The van der Waals surface area contributed by atoms with E-state index < -0.39 is 0 Å². The van der Waals surface area contributed by atoms with Gasteiger partial charge in [0.1, 0.15) is 0 Å². The lowest BCUT2D eigenvalue weighted by molar-refractivity contribution is 0.273. The lowest BCUT2D eigenvalue weighted by atomic mass is 9.81. The van der Waals surface area contributed by atoms with E-state index in [1.807, 2.05) is 0 Å². The van der Waals surface area contributed by atoms with E-state index >= 15 is 0 Å². The van der Waals surface area contributed by atoms with Gasteiger partial charge in [0.05, 0.1) is 0 Å². The minimum absolute atomic E-state index is 0.496. The van der Waals surface area contributed by atoms with E-state index in [1.54, 1.807) is 0 Å². The van der Waals surface area contributed by atoms with Crippen LogP contribution in [0.15, 0.2) is 0 Å². The smallest absolute Gasteiger partial charge is 0.0366 e. The molecule has 0 amide bonds. The van der Waals surface area contributed by atoms with Gasteiger partial charge in [0.25, 0.3) is 0 Å². The molecule has 2 unspecified atom stereocenters. The van der Waals surface area contributed by atoms with E-state index in [0.29, 0.717) is 5.38 Å².